The van der Waals surface area contributed by atoms with Crippen LogP contribution >= 0.6 is 11.6 Å². The smallest absolute Gasteiger partial charge is 0.374 e. The molecule has 0 aliphatic heterocycles. The highest BCUT2D eigenvalue weighted by Gasteiger charge is 2.20. The summed E-state index contributed by atoms with van der Waals surface area (Å²) in [6.07, 6.45) is 1.27. The summed E-state index contributed by atoms with van der Waals surface area (Å²) in [5.74, 6) is -0.448. The Hall–Kier alpha value is -1.62. The van der Waals surface area contributed by atoms with Gasteiger partial charge >= 0.3 is 5.97 Å². The quantitative estimate of drug-likeness (QED) is 0.549. The molecule has 2 rings (SSSR count). The second kappa shape index (κ2) is 3.51. The van der Waals surface area contributed by atoms with Gasteiger partial charge in [0.05, 0.1) is 12.5 Å². The average Bonchev–Trinajstić information content (AvgIpc) is 2.56. The zero-order valence-corrected chi connectivity index (χ0v) is 8.83. The van der Waals surface area contributed by atoms with E-state index in [0.29, 0.717) is 10.9 Å². The fourth-order valence-corrected chi connectivity index (χ4v) is 1.58. The van der Waals surface area contributed by atoms with Gasteiger partial charge < -0.3 is 9.15 Å². The Kier molecular flexibility index (Phi) is 2.32. The minimum atomic E-state index is -0.554. The van der Waals surface area contributed by atoms with E-state index in [9.17, 15) is 4.79 Å². The topological polar surface area (TPSA) is 65.2 Å². The number of ether oxygens (including phenoxy) is 1. The largest absolute Gasteiger partial charge is 0.463 e. The number of aromatic nitrogens is 2. The lowest BCUT2D eigenvalue weighted by molar-refractivity contribution is 0.0566. The minimum Gasteiger partial charge on any atom is -0.463 e. The van der Waals surface area contributed by atoms with Gasteiger partial charge in [-0.1, -0.05) is 11.6 Å². The number of halogens is 1. The molecular weight excluding hydrogens is 220 g/mol. The zero-order valence-electron chi connectivity index (χ0n) is 8.07. The van der Waals surface area contributed by atoms with Crippen LogP contribution in [0, 0.1) is 6.92 Å². The highest BCUT2D eigenvalue weighted by atomic mass is 35.5. The van der Waals surface area contributed by atoms with Crippen molar-refractivity contribution in [2.75, 3.05) is 7.11 Å². The fraction of sp³-hybridized carbons (Fsp3) is 0.222. The molecule has 0 radical (unpaired) electrons. The van der Waals surface area contributed by atoms with E-state index < -0.39 is 5.97 Å². The normalized spacial score (nSPS) is 10.6. The Morgan fingerprint density at radius 2 is 2.27 bits per heavy atom. The number of rotatable bonds is 1. The van der Waals surface area contributed by atoms with Crippen molar-refractivity contribution in [3.63, 3.8) is 0 Å². The molecule has 0 unspecified atom stereocenters. The molecule has 2 aromatic heterocycles. The van der Waals surface area contributed by atoms with Gasteiger partial charge in [-0.2, -0.15) is 0 Å². The van der Waals surface area contributed by atoms with Gasteiger partial charge in [0, 0.05) is 5.56 Å². The Labute approximate surface area is 90.0 Å². The molecule has 0 fully saturated rings. The first kappa shape index (κ1) is 9.92. The van der Waals surface area contributed by atoms with Crippen LogP contribution in [0.2, 0.25) is 5.15 Å². The van der Waals surface area contributed by atoms with Gasteiger partial charge in [-0.05, 0) is 6.92 Å². The summed E-state index contributed by atoms with van der Waals surface area (Å²) in [5, 5.41) is 0.802. The summed E-state index contributed by atoms with van der Waals surface area (Å²) in [5.41, 5.74) is 0.871. The molecule has 0 spiro atoms. The van der Waals surface area contributed by atoms with E-state index in [2.05, 4.69) is 14.7 Å². The lowest BCUT2D eigenvalue weighted by Crippen LogP contribution is -2.00. The van der Waals surface area contributed by atoms with Crippen LogP contribution in [0.5, 0.6) is 0 Å². The number of esters is 1. The predicted octanol–water partition coefficient (Wildman–Crippen LogP) is 1.97. The highest BCUT2D eigenvalue weighted by Crippen LogP contribution is 2.28. The monoisotopic (exact) mass is 226 g/mol. The summed E-state index contributed by atoms with van der Waals surface area (Å²) in [6, 6.07) is 0. The van der Waals surface area contributed by atoms with Crippen molar-refractivity contribution >= 4 is 28.7 Å². The lowest BCUT2D eigenvalue weighted by Gasteiger charge is -1.94. The summed E-state index contributed by atoms with van der Waals surface area (Å²) in [4.78, 5) is 19.0. The van der Waals surface area contributed by atoms with Crippen molar-refractivity contribution in [2.24, 2.45) is 0 Å². The molecule has 0 atom stereocenters. The van der Waals surface area contributed by atoms with Gasteiger partial charge in [0.15, 0.2) is 0 Å². The molecule has 0 aliphatic carbocycles. The SMILES string of the molecule is COC(=O)c1oc2ncnc(Cl)c2c1C. The predicted molar refractivity (Wildman–Crippen MR) is 52.9 cm³/mol. The first-order valence-corrected chi connectivity index (χ1v) is 4.51. The van der Waals surface area contributed by atoms with Crippen LogP contribution in [0.25, 0.3) is 11.1 Å². The number of hydrogen-bond donors (Lipinski definition) is 0. The van der Waals surface area contributed by atoms with Crippen LogP contribution in [0.1, 0.15) is 16.1 Å². The Morgan fingerprint density at radius 1 is 1.53 bits per heavy atom. The summed E-state index contributed by atoms with van der Waals surface area (Å²) >= 11 is 5.86. The third-order valence-corrected chi connectivity index (χ3v) is 2.34. The van der Waals surface area contributed by atoms with Gasteiger partial charge in [0.2, 0.25) is 11.5 Å². The van der Waals surface area contributed by atoms with E-state index in [4.69, 9.17) is 16.0 Å². The van der Waals surface area contributed by atoms with Gasteiger partial charge in [-0.3, -0.25) is 0 Å². The van der Waals surface area contributed by atoms with Crippen LogP contribution in [0.3, 0.4) is 0 Å². The Balaban J connectivity index is 2.75. The second-order valence-corrected chi connectivity index (χ2v) is 3.25. The fourth-order valence-electron chi connectivity index (χ4n) is 1.32. The number of carbonyl (C=O) groups excluding carboxylic acids is 1. The third kappa shape index (κ3) is 1.45. The van der Waals surface area contributed by atoms with Gasteiger partial charge in [-0.15, -0.1) is 0 Å². The molecular formula is C9H7ClN2O3. The molecule has 2 aromatic rings. The van der Waals surface area contributed by atoms with Gasteiger partial charge in [0.1, 0.15) is 11.5 Å². The molecule has 0 saturated carbocycles. The van der Waals surface area contributed by atoms with Crippen molar-refractivity contribution in [2.45, 2.75) is 6.92 Å². The van der Waals surface area contributed by atoms with E-state index in [0.717, 1.165) is 0 Å². The summed E-state index contributed by atoms with van der Waals surface area (Å²) in [6.45, 7) is 1.70. The molecule has 15 heavy (non-hydrogen) atoms. The molecule has 0 saturated heterocycles. The number of nitrogens with zero attached hydrogens (tertiary/aromatic N) is 2. The first-order chi connectivity index (χ1) is 7.15. The molecule has 0 aromatic carbocycles. The van der Waals surface area contributed by atoms with Crippen LogP contribution in [0.4, 0.5) is 0 Å². The average molecular weight is 227 g/mol. The zero-order chi connectivity index (χ0) is 11.0. The van der Waals surface area contributed by atoms with Gasteiger partial charge in [0.25, 0.3) is 0 Å². The van der Waals surface area contributed by atoms with E-state index in [1.165, 1.54) is 13.4 Å². The minimum absolute atomic E-state index is 0.106. The lowest BCUT2D eigenvalue weighted by atomic mass is 10.2. The van der Waals surface area contributed by atoms with Crippen molar-refractivity contribution in [3.8, 4) is 0 Å². The van der Waals surface area contributed by atoms with Crippen LogP contribution in [-0.4, -0.2) is 23.0 Å². The van der Waals surface area contributed by atoms with Crippen molar-refractivity contribution < 1.29 is 13.9 Å². The van der Waals surface area contributed by atoms with Gasteiger partial charge in [-0.25, -0.2) is 14.8 Å². The van der Waals surface area contributed by atoms with E-state index in [1.54, 1.807) is 6.92 Å². The van der Waals surface area contributed by atoms with Crippen LogP contribution in [-0.2, 0) is 4.74 Å². The first-order valence-electron chi connectivity index (χ1n) is 4.13. The molecule has 2 heterocycles. The van der Waals surface area contributed by atoms with E-state index in [1.807, 2.05) is 0 Å². The number of carbonyl (C=O) groups is 1. The molecule has 78 valence electrons. The molecule has 6 heteroatoms. The number of hydrogen-bond acceptors (Lipinski definition) is 5. The second-order valence-electron chi connectivity index (χ2n) is 2.89. The third-order valence-electron chi connectivity index (χ3n) is 2.05. The van der Waals surface area contributed by atoms with Crippen molar-refractivity contribution in [1.29, 1.82) is 0 Å². The number of aryl methyl sites for hydroxylation is 1. The number of furan rings is 1. The molecule has 5 nitrogen and oxygen atoms in total. The number of fused-ring (bicyclic) bond motifs is 1. The van der Waals surface area contributed by atoms with E-state index >= 15 is 0 Å². The molecule has 0 amide bonds. The Bertz CT molecular complexity index is 535. The maximum Gasteiger partial charge on any atom is 0.374 e. The van der Waals surface area contributed by atoms with Crippen LogP contribution in [0.15, 0.2) is 10.7 Å². The molecule has 0 bridgehead atoms. The Morgan fingerprint density at radius 3 is 2.87 bits per heavy atom. The summed E-state index contributed by atoms with van der Waals surface area (Å²) < 4.78 is 9.78. The standard InChI is InChI=1S/C9H7ClN2O3/c1-4-5-7(10)11-3-12-8(5)15-6(4)9(13)14-2/h3H,1-2H3. The number of methoxy groups -OCH3 is 1. The molecule has 0 aliphatic rings. The summed E-state index contributed by atoms with van der Waals surface area (Å²) in [7, 11) is 1.28. The maximum atomic E-state index is 11.3. The molecule has 0 N–H and O–H groups in total. The van der Waals surface area contributed by atoms with E-state index in [-0.39, 0.29) is 16.6 Å². The maximum absolute atomic E-state index is 11.3. The van der Waals surface area contributed by atoms with Crippen LogP contribution < -0.4 is 0 Å². The van der Waals surface area contributed by atoms with Crippen molar-refractivity contribution in [1.82, 2.24) is 9.97 Å². The highest BCUT2D eigenvalue weighted by molar-refractivity contribution is 6.34. The van der Waals surface area contributed by atoms with Crippen molar-refractivity contribution in [3.05, 3.63) is 22.8 Å².